The Morgan fingerprint density at radius 3 is 1.82 bits per heavy atom. The van der Waals surface area contributed by atoms with Crippen LogP contribution in [0.1, 0.15) is 50.0 Å². The second-order valence-electron chi connectivity index (χ2n) is 14.2. The fourth-order valence-corrected chi connectivity index (χ4v) is 7.95. The molecule has 8 aromatic carbocycles. The van der Waals surface area contributed by atoms with Crippen molar-refractivity contribution in [3.63, 3.8) is 0 Å². The fourth-order valence-electron chi connectivity index (χ4n) is 7.95. The Labute approximate surface area is 297 Å². The molecular formula is C49H39N. The highest BCUT2D eigenvalue weighted by Crippen LogP contribution is 2.50. The summed E-state index contributed by atoms with van der Waals surface area (Å²) in [5.41, 5.74) is 12.2. The molecule has 0 spiro atoms. The first-order valence-electron chi connectivity index (χ1n) is 18.4. The van der Waals surface area contributed by atoms with Gasteiger partial charge < -0.3 is 4.90 Å². The smallest absolute Gasteiger partial charge is 0.0629 e. The number of hydrogen-bond acceptors (Lipinski definition) is 1. The van der Waals surface area contributed by atoms with Gasteiger partial charge in [-0.2, -0.15) is 0 Å². The van der Waals surface area contributed by atoms with Crippen LogP contribution in [-0.4, -0.2) is 0 Å². The van der Waals surface area contributed by atoms with Crippen LogP contribution in [0.5, 0.6) is 0 Å². The van der Waals surface area contributed by atoms with Crippen LogP contribution >= 0.6 is 0 Å². The monoisotopic (exact) mass is 643 g/mol. The average molecular weight is 644 g/mol. The highest BCUT2D eigenvalue weighted by atomic mass is 15.1. The topological polar surface area (TPSA) is 3.24 Å². The van der Waals surface area contributed by atoms with E-state index >= 15 is 0 Å². The average Bonchev–Trinajstić information content (AvgIpc) is 3.41. The van der Waals surface area contributed by atoms with Crippen molar-refractivity contribution in [2.45, 2.75) is 33.1 Å². The molecule has 0 heterocycles. The van der Waals surface area contributed by atoms with Crippen molar-refractivity contribution < 1.29 is 2.74 Å². The number of hydrogen-bond donors (Lipinski definition) is 0. The molecule has 0 unspecified atom stereocenters. The van der Waals surface area contributed by atoms with Crippen molar-refractivity contribution in [2.75, 3.05) is 4.90 Å². The lowest BCUT2D eigenvalue weighted by Crippen LogP contribution is -2.15. The Balaban J connectivity index is 1.03. The predicted octanol–water partition coefficient (Wildman–Crippen LogP) is 13.7. The molecule has 0 amide bonds. The molecule has 0 saturated heterocycles. The standard InChI is InChI=1S/C49H39N/c1-32-10-5-7-14-45(32)50(46-15-8-6-11-33(46)2)42-27-26-38-28-35(20-23-39(38)30-42)17-16-34-18-21-36(22-19-34)41-29-40-25-24-37-12-9-13-43-47(37)48(40)44(31-41)49(43,3)4/h5-31H,1-4H3/b17-16+/i16D,17D. The van der Waals surface area contributed by atoms with Gasteiger partial charge in [-0.25, -0.2) is 0 Å². The number of benzene rings is 8. The second-order valence-corrected chi connectivity index (χ2v) is 14.2. The summed E-state index contributed by atoms with van der Waals surface area (Å²) < 4.78 is 18.1. The SMILES string of the molecule is [2H]/C(=C(/[2H])c1ccc2cc(N(c3ccccc3C)c3ccccc3C)ccc2c1)c1ccc(-c2cc3c4c(ccc5cccc(c54)C3(C)C)c2)cc1. The van der Waals surface area contributed by atoms with E-state index in [9.17, 15) is 0 Å². The van der Waals surface area contributed by atoms with Gasteiger partial charge in [-0.1, -0.05) is 135 Å². The van der Waals surface area contributed by atoms with Gasteiger partial charge in [0.2, 0.25) is 0 Å². The van der Waals surface area contributed by atoms with E-state index < -0.39 is 0 Å². The van der Waals surface area contributed by atoms with Crippen LogP contribution in [0.25, 0.3) is 55.5 Å². The zero-order valence-corrected chi connectivity index (χ0v) is 28.9. The Morgan fingerprint density at radius 2 is 1.08 bits per heavy atom. The lowest BCUT2D eigenvalue weighted by molar-refractivity contribution is 0.663. The van der Waals surface area contributed by atoms with E-state index in [-0.39, 0.29) is 17.5 Å². The number of para-hydroxylation sites is 2. The van der Waals surface area contributed by atoms with Crippen molar-refractivity contribution in [1.82, 2.24) is 0 Å². The van der Waals surface area contributed by atoms with E-state index in [2.05, 4.69) is 160 Å². The van der Waals surface area contributed by atoms with E-state index in [1.165, 1.54) is 49.4 Å². The Kier molecular flexibility index (Phi) is 6.49. The molecule has 9 rings (SSSR count). The maximum atomic E-state index is 9.06. The van der Waals surface area contributed by atoms with E-state index in [0.717, 1.165) is 44.5 Å². The molecule has 1 aliphatic carbocycles. The van der Waals surface area contributed by atoms with Gasteiger partial charge in [0.15, 0.2) is 0 Å². The predicted molar refractivity (Wildman–Crippen MR) is 216 cm³/mol. The van der Waals surface area contributed by atoms with Gasteiger partial charge in [0.1, 0.15) is 0 Å². The number of anilines is 3. The zero-order valence-electron chi connectivity index (χ0n) is 30.9. The lowest BCUT2D eigenvalue weighted by Gasteiger charge is -2.28. The summed E-state index contributed by atoms with van der Waals surface area (Å²) in [5.74, 6) is 0. The Bertz CT molecular complexity index is 2710. The van der Waals surface area contributed by atoms with Gasteiger partial charge in [0.05, 0.1) is 2.74 Å². The molecule has 0 bridgehead atoms. The minimum Gasteiger partial charge on any atom is -0.310 e. The van der Waals surface area contributed by atoms with Crippen LogP contribution in [0, 0.1) is 13.8 Å². The minimum absolute atomic E-state index is 0.0721. The number of aryl methyl sites for hydroxylation is 2. The van der Waals surface area contributed by atoms with Crippen molar-refractivity contribution in [3.05, 3.63) is 185 Å². The summed E-state index contributed by atoms with van der Waals surface area (Å²) in [6, 6.07) is 53.9. The maximum Gasteiger partial charge on any atom is 0.0629 e. The molecule has 1 heteroatoms. The van der Waals surface area contributed by atoms with E-state index in [0.29, 0.717) is 0 Å². The third kappa shape index (κ3) is 4.92. The van der Waals surface area contributed by atoms with Crippen LogP contribution in [-0.2, 0) is 5.41 Å². The first kappa shape index (κ1) is 28.0. The highest BCUT2D eigenvalue weighted by Gasteiger charge is 2.34. The maximum absolute atomic E-state index is 9.06. The van der Waals surface area contributed by atoms with Crippen molar-refractivity contribution >= 4 is 61.5 Å². The molecule has 0 N–H and O–H groups in total. The molecule has 0 aliphatic heterocycles. The van der Waals surface area contributed by atoms with Crippen LogP contribution in [0.2, 0.25) is 0 Å². The van der Waals surface area contributed by atoms with E-state index in [1.54, 1.807) is 0 Å². The Morgan fingerprint density at radius 1 is 0.480 bits per heavy atom. The molecule has 1 nitrogen and oxygen atoms in total. The second kappa shape index (κ2) is 11.6. The van der Waals surface area contributed by atoms with Crippen LogP contribution in [0.4, 0.5) is 17.1 Å². The molecule has 8 aromatic rings. The van der Waals surface area contributed by atoms with Crippen molar-refractivity contribution in [3.8, 4) is 11.1 Å². The van der Waals surface area contributed by atoms with Crippen LogP contribution in [0.3, 0.4) is 0 Å². The summed E-state index contributed by atoms with van der Waals surface area (Å²) in [6.07, 6.45) is 0. The molecule has 0 atom stereocenters. The molecule has 0 saturated carbocycles. The normalized spacial score (nSPS) is 14.2. The van der Waals surface area contributed by atoms with E-state index in [4.69, 9.17) is 2.74 Å². The van der Waals surface area contributed by atoms with Gasteiger partial charge in [0, 0.05) is 22.5 Å². The number of nitrogens with zero attached hydrogens (tertiary/aromatic N) is 1. The number of rotatable bonds is 6. The molecule has 0 aromatic heterocycles. The van der Waals surface area contributed by atoms with Gasteiger partial charge in [-0.3, -0.25) is 0 Å². The van der Waals surface area contributed by atoms with Gasteiger partial charge in [-0.05, 0) is 133 Å². The molecule has 1 aliphatic rings. The fraction of sp³-hybridized carbons (Fsp3) is 0.102. The molecule has 0 fully saturated rings. The summed E-state index contributed by atoms with van der Waals surface area (Å²) in [7, 11) is 0. The molecule has 0 radical (unpaired) electrons. The largest absolute Gasteiger partial charge is 0.310 e. The summed E-state index contributed by atoms with van der Waals surface area (Å²) in [6.45, 7) is 8.95. The molecular weight excluding hydrogens is 603 g/mol. The van der Waals surface area contributed by atoms with Gasteiger partial charge >= 0.3 is 0 Å². The van der Waals surface area contributed by atoms with Gasteiger partial charge in [-0.15, -0.1) is 0 Å². The van der Waals surface area contributed by atoms with Gasteiger partial charge in [0.25, 0.3) is 0 Å². The highest BCUT2D eigenvalue weighted by molar-refractivity contribution is 6.15. The summed E-state index contributed by atoms with van der Waals surface area (Å²) in [5, 5.41) is 7.44. The molecule has 50 heavy (non-hydrogen) atoms. The zero-order chi connectivity index (χ0) is 35.7. The first-order chi connectivity index (χ1) is 25.2. The summed E-state index contributed by atoms with van der Waals surface area (Å²) in [4.78, 5) is 2.32. The molecule has 240 valence electrons. The third-order valence-electron chi connectivity index (χ3n) is 10.7. The van der Waals surface area contributed by atoms with Crippen LogP contribution in [0.15, 0.2) is 152 Å². The van der Waals surface area contributed by atoms with Crippen LogP contribution < -0.4 is 4.90 Å². The van der Waals surface area contributed by atoms with E-state index in [1.807, 2.05) is 24.3 Å². The number of fused-ring (bicyclic) bond motifs is 1. The lowest BCUT2D eigenvalue weighted by atomic mass is 9.81. The minimum atomic E-state index is -0.0721. The Hall–Kier alpha value is -5.92. The van der Waals surface area contributed by atoms with Crippen molar-refractivity contribution in [1.29, 1.82) is 0 Å². The summed E-state index contributed by atoms with van der Waals surface area (Å²) >= 11 is 0. The first-order valence-corrected chi connectivity index (χ1v) is 17.4. The third-order valence-corrected chi connectivity index (χ3v) is 10.7. The quantitative estimate of drug-likeness (QED) is 0.129. The van der Waals surface area contributed by atoms with Crippen molar-refractivity contribution in [2.24, 2.45) is 0 Å².